The van der Waals surface area contributed by atoms with Gasteiger partial charge >= 0.3 is 0 Å². The number of nitrogens with two attached hydrogens (primary N) is 1. The molecule has 0 aliphatic carbocycles. The third-order valence-electron chi connectivity index (χ3n) is 4.14. The van der Waals surface area contributed by atoms with Crippen molar-refractivity contribution >= 4 is 11.6 Å². The minimum Gasteiger partial charge on any atom is -0.329 e. The maximum atomic E-state index is 6.25. The third kappa shape index (κ3) is 3.50. The third-order valence-corrected chi connectivity index (χ3v) is 4.55. The summed E-state index contributed by atoms with van der Waals surface area (Å²) in [6.07, 6.45) is 1.32. The maximum Gasteiger partial charge on any atom is 0.0471 e. The first-order valence-corrected chi connectivity index (χ1v) is 7.59. The van der Waals surface area contributed by atoms with Crippen LogP contribution in [0.2, 0.25) is 5.02 Å². The lowest BCUT2D eigenvalue weighted by Crippen LogP contribution is -2.43. The van der Waals surface area contributed by atoms with Gasteiger partial charge in [-0.05, 0) is 42.4 Å². The zero-order chi connectivity index (χ0) is 14.0. The molecular formula is C16H25ClN2. The largest absolute Gasteiger partial charge is 0.329 e. The average molecular weight is 281 g/mol. The standard InChI is InChI=1S/C16H25ClN2/c1-11-6-12(2)10-19(9-11)16(8-18)14-5-4-13(3)15(17)7-14/h4-5,7,11-12,16H,6,8-10,18H2,1-3H3. The van der Waals surface area contributed by atoms with Gasteiger partial charge in [-0.15, -0.1) is 0 Å². The van der Waals surface area contributed by atoms with Crippen molar-refractivity contribution in [3.8, 4) is 0 Å². The molecule has 0 aromatic heterocycles. The summed E-state index contributed by atoms with van der Waals surface area (Å²) in [5, 5.41) is 0.842. The molecule has 1 fully saturated rings. The summed E-state index contributed by atoms with van der Waals surface area (Å²) in [5.41, 5.74) is 8.41. The topological polar surface area (TPSA) is 29.3 Å². The number of likely N-dealkylation sites (tertiary alicyclic amines) is 1. The molecule has 2 rings (SSSR count). The van der Waals surface area contributed by atoms with Crippen LogP contribution in [0.15, 0.2) is 18.2 Å². The molecule has 0 radical (unpaired) electrons. The number of hydrogen-bond donors (Lipinski definition) is 1. The van der Waals surface area contributed by atoms with Gasteiger partial charge in [0.25, 0.3) is 0 Å². The first-order chi connectivity index (χ1) is 9.01. The van der Waals surface area contributed by atoms with E-state index in [0.29, 0.717) is 12.6 Å². The summed E-state index contributed by atoms with van der Waals surface area (Å²) in [6, 6.07) is 6.64. The van der Waals surface area contributed by atoms with E-state index in [4.69, 9.17) is 17.3 Å². The Morgan fingerprint density at radius 2 is 1.95 bits per heavy atom. The molecule has 0 saturated carbocycles. The van der Waals surface area contributed by atoms with Gasteiger partial charge < -0.3 is 5.73 Å². The molecule has 19 heavy (non-hydrogen) atoms. The Hall–Kier alpha value is -0.570. The Morgan fingerprint density at radius 1 is 1.32 bits per heavy atom. The normalized spacial score (nSPS) is 26.4. The van der Waals surface area contributed by atoms with E-state index in [1.54, 1.807) is 0 Å². The van der Waals surface area contributed by atoms with Crippen LogP contribution < -0.4 is 5.73 Å². The lowest BCUT2D eigenvalue weighted by Gasteiger charge is -2.40. The molecule has 0 amide bonds. The predicted molar refractivity (Wildman–Crippen MR) is 82.5 cm³/mol. The Morgan fingerprint density at radius 3 is 2.47 bits per heavy atom. The molecule has 1 heterocycles. The van der Waals surface area contributed by atoms with Crippen LogP contribution in [0.1, 0.15) is 37.4 Å². The molecule has 1 aromatic carbocycles. The highest BCUT2D eigenvalue weighted by Gasteiger charge is 2.27. The Balaban J connectivity index is 2.21. The van der Waals surface area contributed by atoms with Crippen molar-refractivity contribution in [2.24, 2.45) is 17.6 Å². The molecule has 1 saturated heterocycles. The Kier molecular flexibility index (Phi) is 4.88. The van der Waals surface area contributed by atoms with Gasteiger partial charge in [-0.3, -0.25) is 4.90 Å². The minimum absolute atomic E-state index is 0.295. The molecule has 2 nitrogen and oxygen atoms in total. The van der Waals surface area contributed by atoms with Gasteiger partial charge in [-0.25, -0.2) is 0 Å². The van der Waals surface area contributed by atoms with Gasteiger partial charge in [0.1, 0.15) is 0 Å². The van der Waals surface area contributed by atoms with Crippen molar-refractivity contribution in [1.29, 1.82) is 0 Å². The number of rotatable bonds is 3. The quantitative estimate of drug-likeness (QED) is 0.916. The number of halogens is 1. The summed E-state index contributed by atoms with van der Waals surface area (Å²) >= 11 is 6.25. The van der Waals surface area contributed by atoms with E-state index in [1.807, 2.05) is 6.92 Å². The summed E-state index contributed by atoms with van der Waals surface area (Å²) < 4.78 is 0. The van der Waals surface area contributed by atoms with Gasteiger partial charge in [0, 0.05) is 30.7 Å². The Bertz CT molecular complexity index is 423. The van der Waals surface area contributed by atoms with Gasteiger partial charge in [0.15, 0.2) is 0 Å². The van der Waals surface area contributed by atoms with E-state index < -0.39 is 0 Å². The van der Waals surface area contributed by atoms with Crippen molar-refractivity contribution in [1.82, 2.24) is 4.90 Å². The molecular weight excluding hydrogens is 256 g/mol. The molecule has 3 heteroatoms. The van der Waals surface area contributed by atoms with Gasteiger partial charge in [0.05, 0.1) is 0 Å². The van der Waals surface area contributed by atoms with E-state index >= 15 is 0 Å². The van der Waals surface area contributed by atoms with Crippen LogP contribution in [0.3, 0.4) is 0 Å². The molecule has 1 aliphatic rings. The monoisotopic (exact) mass is 280 g/mol. The highest BCUT2D eigenvalue weighted by atomic mass is 35.5. The van der Waals surface area contributed by atoms with E-state index in [2.05, 4.69) is 36.9 Å². The van der Waals surface area contributed by atoms with E-state index in [-0.39, 0.29) is 0 Å². The summed E-state index contributed by atoms with van der Waals surface area (Å²) in [6.45, 7) is 9.62. The maximum absolute atomic E-state index is 6.25. The number of piperidine rings is 1. The molecule has 0 spiro atoms. The molecule has 2 N–H and O–H groups in total. The van der Waals surface area contributed by atoms with Crippen LogP contribution in [0, 0.1) is 18.8 Å². The van der Waals surface area contributed by atoms with Crippen LogP contribution in [-0.4, -0.2) is 24.5 Å². The average Bonchev–Trinajstić information content (AvgIpc) is 2.33. The van der Waals surface area contributed by atoms with Crippen LogP contribution >= 0.6 is 11.6 Å². The van der Waals surface area contributed by atoms with E-state index in [0.717, 1.165) is 35.5 Å². The van der Waals surface area contributed by atoms with Crippen LogP contribution in [0.25, 0.3) is 0 Å². The second kappa shape index (κ2) is 6.25. The number of nitrogens with zero attached hydrogens (tertiary/aromatic N) is 1. The lowest BCUT2D eigenvalue weighted by molar-refractivity contribution is 0.0984. The van der Waals surface area contributed by atoms with Crippen molar-refractivity contribution in [3.05, 3.63) is 34.3 Å². The zero-order valence-corrected chi connectivity index (χ0v) is 13.0. The van der Waals surface area contributed by atoms with Crippen molar-refractivity contribution < 1.29 is 0 Å². The molecule has 3 unspecified atom stereocenters. The van der Waals surface area contributed by atoms with Crippen molar-refractivity contribution in [2.75, 3.05) is 19.6 Å². The smallest absolute Gasteiger partial charge is 0.0471 e. The fourth-order valence-corrected chi connectivity index (χ4v) is 3.47. The van der Waals surface area contributed by atoms with Gasteiger partial charge in [-0.1, -0.05) is 37.6 Å². The van der Waals surface area contributed by atoms with Gasteiger partial charge in [0.2, 0.25) is 0 Å². The van der Waals surface area contributed by atoms with Crippen molar-refractivity contribution in [3.63, 3.8) is 0 Å². The van der Waals surface area contributed by atoms with Crippen LogP contribution in [-0.2, 0) is 0 Å². The summed E-state index contributed by atoms with van der Waals surface area (Å²) in [4.78, 5) is 2.53. The molecule has 3 atom stereocenters. The van der Waals surface area contributed by atoms with Crippen molar-refractivity contribution in [2.45, 2.75) is 33.2 Å². The number of hydrogen-bond acceptors (Lipinski definition) is 2. The first-order valence-electron chi connectivity index (χ1n) is 7.21. The van der Waals surface area contributed by atoms with E-state index in [9.17, 15) is 0 Å². The van der Waals surface area contributed by atoms with Crippen LogP contribution in [0.4, 0.5) is 0 Å². The predicted octanol–water partition coefficient (Wildman–Crippen LogP) is 3.63. The Labute approximate surface area is 121 Å². The highest BCUT2D eigenvalue weighted by Crippen LogP contribution is 2.30. The second-order valence-electron chi connectivity index (χ2n) is 6.16. The second-order valence-corrected chi connectivity index (χ2v) is 6.57. The van der Waals surface area contributed by atoms with Crippen LogP contribution in [0.5, 0.6) is 0 Å². The SMILES string of the molecule is Cc1ccc(C(CN)N2CC(C)CC(C)C2)cc1Cl. The summed E-state index contributed by atoms with van der Waals surface area (Å²) in [7, 11) is 0. The highest BCUT2D eigenvalue weighted by molar-refractivity contribution is 6.31. The molecule has 1 aromatic rings. The first kappa shape index (κ1) is 14.8. The molecule has 0 bridgehead atoms. The zero-order valence-electron chi connectivity index (χ0n) is 12.2. The lowest BCUT2D eigenvalue weighted by atomic mass is 9.89. The van der Waals surface area contributed by atoms with E-state index in [1.165, 1.54) is 12.0 Å². The number of benzene rings is 1. The minimum atomic E-state index is 0.295. The molecule has 1 aliphatic heterocycles. The number of aryl methyl sites for hydroxylation is 1. The summed E-state index contributed by atoms with van der Waals surface area (Å²) in [5.74, 6) is 1.50. The molecule has 106 valence electrons. The fraction of sp³-hybridized carbons (Fsp3) is 0.625. The van der Waals surface area contributed by atoms with Gasteiger partial charge in [-0.2, -0.15) is 0 Å². The fourth-order valence-electron chi connectivity index (χ4n) is 3.28.